The van der Waals surface area contributed by atoms with Crippen LogP contribution in [0.1, 0.15) is 25.7 Å². The van der Waals surface area contributed by atoms with E-state index in [-0.39, 0.29) is 6.03 Å². The Kier molecular flexibility index (Phi) is 3.82. The predicted octanol–water partition coefficient (Wildman–Crippen LogP) is 1.66. The van der Waals surface area contributed by atoms with Crippen molar-refractivity contribution in [2.45, 2.75) is 25.7 Å². The first-order valence-corrected chi connectivity index (χ1v) is 7.32. The van der Waals surface area contributed by atoms with Gasteiger partial charge in [0, 0.05) is 32.0 Å². The highest BCUT2D eigenvalue weighted by atomic mass is 16.2. The van der Waals surface area contributed by atoms with E-state index in [1.807, 2.05) is 4.90 Å². The third-order valence-corrected chi connectivity index (χ3v) is 4.33. The summed E-state index contributed by atoms with van der Waals surface area (Å²) in [4.78, 5) is 20.6. The first-order valence-electron chi connectivity index (χ1n) is 7.32. The van der Waals surface area contributed by atoms with E-state index in [0.717, 1.165) is 31.8 Å². The van der Waals surface area contributed by atoms with Crippen molar-refractivity contribution in [2.24, 2.45) is 5.92 Å². The van der Waals surface area contributed by atoms with Gasteiger partial charge in [0.25, 0.3) is 0 Å². The van der Waals surface area contributed by atoms with Gasteiger partial charge in [0.1, 0.15) is 6.33 Å². The fraction of sp³-hybridized carbons (Fsp3) is 0.714. The SMILES string of the molecule is O=C(N1CCC(CN2CCCC2)CC1)n1ccnc1. The largest absolute Gasteiger partial charge is 0.329 e. The molecule has 0 aromatic carbocycles. The molecule has 2 fully saturated rings. The van der Waals surface area contributed by atoms with Crippen molar-refractivity contribution in [3.8, 4) is 0 Å². The number of carbonyl (C=O) groups excluding carboxylic acids is 1. The Morgan fingerprint density at radius 3 is 2.53 bits per heavy atom. The fourth-order valence-electron chi connectivity index (χ4n) is 3.17. The van der Waals surface area contributed by atoms with E-state index in [2.05, 4.69) is 9.88 Å². The minimum absolute atomic E-state index is 0.0668. The Labute approximate surface area is 114 Å². The molecule has 104 valence electrons. The molecule has 3 rings (SSSR count). The maximum Gasteiger partial charge on any atom is 0.329 e. The van der Waals surface area contributed by atoms with E-state index in [1.165, 1.54) is 32.5 Å². The molecule has 0 aliphatic carbocycles. The van der Waals surface area contributed by atoms with Gasteiger partial charge in [0.2, 0.25) is 0 Å². The summed E-state index contributed by atoms with van der Waals surface area (Å²) in [5, 5.41) is 0. The molecule has 0 bridgehead atoms. The van der Waals surface area contributed by atoms with Gasteiger partial charge in [-0.05, 0) is 44.7 Å². The van der Waals surface area contributed by atoms with Gasteiger partial charge in [-0.15, -0.1) is 0 Å². The molecule has 2 aliphatic heterocycles. The molecule has 1 amide bonds. The molecule has 5 nitrogen and oxygen atoms in total. The van der Waals surface area contributed by atoms with Crippen LogP contribution in [-0.4, -0.2) is 58.1 Å². The van der Waals surface area contributed by atoms with E-state index in [0.29, 0.717) is 0 Å². The molecule has 0 spiro atoms. The van der Waals surface area contributed by atoms with E-state index in [1.54, 1.807) is 23.3 Å². The highest BCUT2D eigenvalue weighted by Crippen LogP contribution is 2.21. The van der Waals surface area contributed by atoms with Crippen LogP contribution in [0, 0.1) is 5.92 Å². The van der Waals surface area contributed by atoms with Crippen LogP contribution in [0.2, 0.25) is 0 Å². The highest BCUT2D eigenvalue weighted by Gasteiger charge is 2.25. The molecular weight excluding hydrogens is 240 g/mol. The number of amides is 1. The monoisotopic (exact) mass is 262 g/mol. The minimum atomic E-state index is 0.0668. The Bertz CT molecular complexity index is 403. The van der Waals surface area contributed by atoms with Crippen molar-refractivity contribution >= 4 is 6.03 Å². The molecule has 0 unspecified atom stereocenters. The second-order valence-corrected chi connectivity index (χ2v) is 5.69. The Hall–Kier alpha value is -1.36. The number of imidazole rings is 1. The third kappa shape index (κ3) is 2.97. The Morgan fingerprint density at radius 1 is 1.16 bits per heavy atom. The van der Waals surface area contributed by atoms with Crippen LogP contribution in [0.15, 0.2) is 18.7 Å². The number of likely N-dealkylation sites (tertiary alicyclic amines) is 2. The lowest BCUT2D eigenvalue weighted by atomic mass is 9.96. The molecule has 0 saturated carbocycles. The molecule has 0 radical (unpaired) electrons. The topological polar surface area (TPSA) is 41.4 Å². The number of rotatable bonds is 2. The van der Waals surface area contributed by atoms with Crippen molar-refractivity contribution < 1.29 is 4.79 Å². The zero-order valence-corrected chi connectivity index (χ0v) is 11.4. The van der Waals surface area contributed by atoms with E-state index in [4.69, 9.17) is 0 Å². The number of carbonyl (C=O) groups is 1. The van der Waals surface area contributed by atoms with Gasteiger partial charge in [0.15, 0.2) is 0 Å². The average Bonchev–Trinajstić information content (AvgIpc) is 3.12. The average molecular weight is 262 g/mol. The number of aromatic nitrogens is 2. The number of hydrogen-bond acceptors (Lipinski definition) is 3. The summed E-state index contributed by atoms with van der Waals surface area (Å²) in [6.45, 7) is 5.54. The summed E-state index contributed by atoms with van der Waals surface area (Å²) in [5.74, 6) is 0.768. The van der Waals surface area contributed by atoms with Crippen LogP contribution in [-0.2, 0) is 0 Å². The second-order valence-electron chi connectivity index (χ2n) is 5.69. The van der Waals surface area contributed by atoms with Gasteiger partial charge >= 0.3 is 6.03 Å². The maximum atomic E-state index is 12.2. The maximum absolute atomic E-state index is 12.2. The molecule has 2 aliphatic rings. The lowest BCUT2D eigenvalue weighted by Gasteiger charge is -2.33. The number of hydrogen-bond donors (Lipinski definition) is 0. The van der Waals surface area contributed by atoms with Gasteiger partial charge in [-0.2, -0.15) is 0 Å². The van der Waals surface area contributed by atoms with Crippen molar-refractivity contribution in [1.82, 2.24) is 19.4 Å². The standard InChI is InChI=1S/C14H22N4O/c19-14(18-10-5-15-12-18)17-8-3-13(4-9-17)11-16-6-1-2-7-16/h5,10,12-13H,1-4,6-9,11H2. The summed E-state index contributed by atoms with van der Waals surface area (Å²) in [6.07, 6.45) is 9.94. The summed E-state index contributed by atoms with van der Waals surface area (Å²) in [6, 6.07) is 0.0668. The summed E-state index contributed by atoms with van der Waals surface area (Å²) in [7, 11) is 0. The quantitative estimate of drug-likeness (QED) is 0.814. The number of piperidine rings is 1. The summed E-state index contributed by atoms with van der Waals surface area (Å²) in [5.41, 5.74) is 0. The van der Waals surface area contributed by atoms with E-state index >= 15 is 0 Å². The van der Waals surface area contributed by atoms with Crippen LogP contribution < -0.4 is 0 Å². The van der Waals surface area contributed by atoms with Crippen molar-refractivity contribution in [2.75, 3.05) is 32.7 Å². The van der Waals surface area contributed by atoms with Crippen LogP contribution >= 0.6 is 0 Å². The number of nitrogens with zero attached hydrogens (tertiary/aromatic N) is 4. The highest BCUT2D eigenvalue weighted by molar-refractivity contribution is 5.76. The molecule has 3 heterocycles. The van der Waals surface area contributed by atoms with Crippen molar-refractivity contribution in [3.05, 3.63) is 18.7 Å². The zero-order valence-electron chi connectivity index (χ0n) is 11.4. The normalized spacial score (nSPS) is 22.0. The van der Waals surface area contributed by atoms with Gasteiger partial charge in [0.05, 0.1) is 0 Å². The van der Waals surface area contributed by atoms with Gasteiger partial charge in [-0.3, -0.25) is 4.57 Å². The molecule has 1 aromatic rings. The molecule has 0 N–H and O–H groups in total. The fourth-order valence-corrected chi connectivity index (χ4v) is 3.17. The summed E-state index contributed by atoms with van der Waals surface area (Å²) < 4.78 is 1.57. The van der Waals surface area contributed by atoms with Crippen LogP contribution in [0.5, 0.6) is 0 Å². The van der Waals surface area contributed by atoms with Crippen LogP contribution in [0.4, 0.5) is 4.79 Å². The smallest absolute Gasteiger partial charge is 0.324 e. The molecule has 19 heavy (non-hydrogen) atoms. The van der Waals surface area contributed by atoms with Crippen LogP contribution in [0.25, 0.3) is 0 Å². The van der Waals surface area contributed by atoms with Crippen molar-refractivity contribution in [3.63, 3.8) is 0 Å². The Balaban J connectivity index is 1.47. The molecule has 2 saturated heterocycles. The first-order chi connectivity index (χ1) is 9.33. The molecular formula is C14H22N4O. The molecule has 5 heteroatoms. The molecule has 1 aromatic heterocycles. The second kappa shape index (κ2) is 5.74. The van der Waals surface area contributed by atoms with E-state index in [9.17, 15) is 4.79 Å². The van der Waals surface area contributed by atoms with Crippen molar-refractivity contribution in [1.29, 1.82) is 0 Å². The lowest BCUT2D eigenvalue weighted by molar-refractivity contribution is 0.155. The van der Waals surface area contributed by atoms with Gasteiger partial charge in [-0.1, -0.05) is 0 Å². The van der Waals surface area contributed by atoms with E-state index < -0.39 is 0 Å². The first kappa shape index (κ1) is 12.7. The Morgan fingerprint density at radius 2 is 1.89 bits per heavy atom. The third-order valence-electron chi connectivity index (χ3n) is 4.33. The van der Waals surface area contributed by atoms with Crippen LogP contribution in [0.3, 0.4) is 0 Å². The minimum Gasteiger partial charge on any atom is -0.324 e. The lowest BCUT2D eigenvalue weighted by Crippen LogP contribution is -2.42. The molecule has 0 atom stereocenters. The van der Waals surface area contributed by atoms with Gasteiger partial charge < -0.3 is 9.80 Å². The van der Waals surface area contributed by atoms with Gasteiger partial charge in [-0.25, -0.2) is 9.78 Å². The summed E-state index contributed by atoms with van der Waals surface area (Å²) >= 11 is 0. The predicted molar refractivity (Wildman–Crippen MR) is 73.0 cm³/mol. The zero-order chi connectivity index (χ0) is 13.1.